The van der Waals surface area contributed by atoms with Gasteiger partial charge in [-0.15, -0.1) is 23.5 Å². The monoisotopic (exact) mass is 482 g/mol. The normalized spacial score (nSPS) is 24.6. The van der Waals surface area contributed by atoms with Gasteiger partial charge in [-0.1, -0.05) is 60.7 Å². The van der Waals surface area contributed by atoms with E-state index in [0.717, 1.165) is 41.2 Å². The average molecular weight is 483 g/mol. The maximum Gasteiger partial charge on any atom is 0.356 e. The molecule has 3 aliphatic rings. The fraction of sp³-hybridized carbons (Fsp3) is 0.360. The molecule has 1 amide bonds. The van der Waals surface area contributed by atoms with Gasteiger partial charge in [0.15, 0.2) is 6.10 Å². The first-order valence-corrected chi connectivity index (χ1v) is 13.2. The van der Waals surface area contributed by atoms with Crippen molar-refractivity contribution in [3.63, 3.8) is 0 Å². The van der Waals surface area contributed by atoms with Crippen LogP contribution in [0, 0.1) is 0 Å². The summed E-state index contributed by atoms with van der Waals surface area (Å²) < 4.78 is 11.9. The Morgan fingerprint density at radius 2 is 1.82 bits per heavy atom. The van der Waals surface area contributed by atoms with E-state index in [-0.39, 0.29) is 17.4 Å². The average Bonchev–Trinajstić information content (AvgIpc) is 3.39. The van der Waals surface area contributed by atoms with Gasteiger partial charge in [0.25, 0.3) is 0 Å². The molecule has 2 saturated heterocycles. The predicted molar refractivity (Wildman–Crippen MR) is 130 cm³/mol. The number of ether oxygens (including phenoxy) is 2. The zero-order chi connectivity index (χ0) is 22.8. The minimum absolute atomic E-state index is 0.179. The van der Waals surface area contributed by atoms with E-state index >= 15 is 0 Å². The standard InChI is InChI=1S/C25H26N2O4S2/c26-20-23(28)27-21(19(15-33-24(20)27)32-14-18-12-7-13-30-18)25(29)31-22(16-8-3-1-4-9-16)17-10-5-2-6-11-17/h1-6,8-11,18,20,22,24H,7,12-15,26H2/t18?,20?,24-/m0/s1. The third kappa shape index (κ3) is 4.57. The van der Waals surface area contributed by atoms with Crippen LogP contribution in [-0.2, 0) is 19.1 Å². The molecule has 2 unspecified atom stereocenters. The van der Waals surface area contributed by atoms with Crippen molar-refractivity contribution in [2.45, 2.75) is 36.5 Å². The molecule has 172 valence electrons. The molecule has 0 aliphatic carbocycles. The van der Waals surface area contributed by atoms with E-state index in [1.165, 1.54) is 4.90 Å². The Balaban J connectivity index is 1.44. The SMILES string of the molecule is NC1C(=O)N2C(C(=O)OC(c3ccccc3)c3ccccc3)=C(SCC3CCCO3)CS[C@@H]12. The fourth-order valence-electron chi connectivity index (χ4n) is 4.30. The van der Waals surface area contributed by atoms with Crippen LogP contribution in [0.1, 0.15) is 30.1 Å². The lowest BCUT2D eigenvalue weighted by atomic mass is 10.0. The van der Waals surface area contributed by atoms with Gasteiger partial charge < -0.3 is 15.2 Å². The highest BCUT2D eigenvalue weighted by Crippen LogP contribution is 2.44. The summed E-state index contributed by atoms with van der Waals surface area (Å²) in [6.45, 7) is 0.783. The molecule has 33 heavy (non-hydrogen) atoms. The van der Waals surface area contributed by atoms with Crippen molar-refractivity contribution in [2.24, 2.45) is 5.73 Å². The number of carbonyl (C=O) groups is 2. The van der Waals surface area contributed by atoms with Gasteiger partial charge in [-0.3, -0.25) is 9.69 Å². The summed E-state index contributed by atoms with van der Waals surface area (Å²) in [5, 5.41) is -0.223. The van der Waals surface area contributed by atoms with Gasteiger partial charge in [-0.05, 0) is 24.0 Å². The first-order chi connectivity index (χ1) is 16.1. The summed E-state index contributed by atoms with van der Waals surface area (Å²) in [5.41, 5.74) is 8.12. The molecule has 0 saturated carbocycles. The van der Waals surface area contributed by atoms with E-state index in [1.54, 1.807) is 23.5 Å². The lowest BCUT2D eigenvalue weighted by Gasteiger charge is -2.48. The van der Waals surface area contributed by atoms with Crippen LogP contribution in [0.15, 0.2) is 71.3 Å². The maximum absolute atomic E-state index is 13.6. The van der Waals surface area contributed by atoms with Crippen molar-refractivity contribution in [1.29, 1.82) is 0 Å². The number of thioether (sulfide) groups is 2. The van der Waals surface area contributed by atoms with E-state index in [4.69, 9.17) is 15.2 Å². The molecular weight excluding hydrogens is 456 g/mol. The van der Waals surface area contributed by atoms with E-state index in [2.05, 4.69) is 0 Å². The highest BCUT2D eigenvalue weighted by Gasteiger charge is 2.52. The zero-order valence-electron chi connectivity index (χ0n) is 18.1. The second kappa shape index (κ2) is 9.93. The molecular formula is C25H26N2O4S2. The molecule has 3 heterocycles. The van der Waals surface area contributed by atoms with Crippen molar-refractivity contribution >= 4 is 35.4 Å². The van der Waals surface area contributed by atoms with Gasteiger partial charge >= 0.3 is 5.97 Å². The van der Waals surface area contributed by atoms with Crippen molar-refractivity contribution in [1.82, 2.24) is 4.90 Å². The molecule has 8 heteroatoms. The van der Waals surface area contributed by atoms with Crippen molar-refractivity contribution in [3.8, 4) is 0 Å². The number of nitrogens with zero attached hydrogens (tertiary/aromatic N) is 1. The molecule has 2 fully saturated rings. The van der Waals surface area contributed by atoms with Crippen LogP contribution in [-0.4, -0.2) is 52.4 Å². The van der Waals surface area contributed by atoms with E-state index in [9.17, 15) is 9.59 Å². The highest BCUT2D eigenvalue weighted by molar-refractivity contribution is 8.06. The second-order valence-corrected chi connectivity index (χ2v) is 10.5. The molecule has 3 atom stereocenters. The van der Waals surface area contributed by atoms with E-state index in [1.807, 2.05) is 60.7 Å². The molecule has 0 spiro atoms. The Labute approximate surface area is 201 Å². The number of hydrogen-bond donors (Lipinski definition) is 1. The van der Waals surface area contributed by atoms with E-state index in [0.29, 0.717) is 11.4 Å². The van der Waals surface area contributed by atoms with E-state index < -0.39 is 18.1 Å². The number of β-lactam (4-membered cyclic amide) rings is 1. The van der Waals surface area contributed by atoms with Crippen molar-refractivity contribution in [2.75, 3.05) is 18.1 Å². The van der Waals surface area contributed by atoms with Gasteiger partial charge in [-0.25, -0.2) is 4.79 Å². The van der Waals surface area contributed by atoms with Crippen molar-refractivity contribution < 1.29 is 19.1 Å². The lowest BCUT2D eigenvalue weighted by Crippen LogP contribution is -2.68. The maximum atomic E-state index is 13.6. The molecule has 0 radical (unpaired) electrons. The summed E-state index contributed by atoms with van der Waals surface area (Å²) in [5.74, 6) is 0.663. The highest BCUT2D eigenvalue weighted by atomic mass is 32.2. The first kappa shape index (κ1) is 22.5. The Bertz CT molecular complexity index is 1000. The number of nitrogens with two attached hydrogens (primary N) is 1. The van der Waals surface area contributed by atoms with Gasteiger partial charge in [-0.2, -0.15) is 0 Å². The first-order valence-electron chi connectivity index (χ1n) is 11.1. The molecule has 5 rings (SSSR count). The lowest BCUT2D eigenvalue weighted by molar-refractivity contribution is -0.152. The minimum Gasteiger partial charge on any atom is -0.448 e. The fourth-order valence-corrected chi connectivity index (χ4v) is 6.95. The predicted octanol–water partition coefficient (Wildman–Crippen LogP) is 3.69. The summed E-state index contributed by atoms with van der Waals surface area (Å²) in [7, 11) is 0. The van der Waals surface area contributed by atoms with Crippen LogP contribution in [0.3, 0.4) is 0 Å². The third-order valence-corrected chi connectivity index (χ3v) is 8.77. The number of hydrogen-bond acceptors (Lipinski definition) is 7. The topological polar surface area (TPSA) is 81.9 Å². The molecule has 2 aromatic rings. The van der Waals surface area contributed by atoms with Crippen LogP contribution in [0.4, 0.5) is 0 Å². The summed E-state index contributed by atoms with van der Waals surface area (Å²) in [6.07, 6.45) is 1.69. The molecule has 2 aromatic carbocycles. The Hall–Kier alpha value is -2.26. The third-order valence-electron chi connectivity index (χ3n) is 6.06. The molecule has 2 N–H and O–H groups in total. The molecule has 3 aliphatic heterocycles. The van der Waals surface area contributed by atoms with Crippen LogP contribution >= 0.6 is 23.5 Å². The molecule has 0 bridgehead atoms. The Morgan fingerprint density at radius 1 is 1.15 bits per heavy atom. The van der Waals surface area contributed by atoms with Crippen LogP contribution < -0.4 is 5.73 Å². The van der Waals surface area contributed by atoms with Gasteiger partial charge in [0.2, 0.25) is 5.91 Å². The van der Waals surface area contributed by atoms with Gasteiger partial charge in [0.1, 0.15) is 17.1 Å². The second-order valence-electron chi connectivity index (χ2n) is 8.26. The van der Waals surface area contributed by atoms with Crippen LogP contribution in [0.5, 0.6) is 0 Å². The number of rotatable bonds is 7. The Kier molecular flexibility index (Phi) is 6.78. The van der Waals surface area contributed by atoms with Crippen LogP contribution in [0.2, 0.25) is 0 Å². The summed E-state index contributed by atoms with van der Waals surface area (Å²) >= 11 is 3.19. The van der Waals surface area contributed by atoms with Crippen LogP contribution in [0.25, 0.3) is 0 Å². The molecule has 0 aromatic heterocycles. The summed E-state index contributed by atoms with van der Waals surface area (Å²) in [6, 6.07) is 18.7. The minimum atomic E-state index is -0.582. The smallest absolute Gasteiger partial charge is 0.356 e. The van der Waals surface area contributed by atoms with Gasteiger partial charge in [0.05, 0.1) is 6.10 Å². The number of esters is 1. The number of amides is 1. The van der Waals surface area contributed by atoms with Crippen molar-refractivity contribution in [3.05, 3.63) is 82.4 Å². The molecule has 6 nitrogen and oxygen atoms in total. The number of carbonyl (C=O) groups excluding carboxylic acids is 2. The number of benzene rings is 2. The summed E-state index contributed by atoms with van der Waals surface area (Å²) in [4.78, 5) is 28.7. The number of fused-ring (bicyclic) bond motifs is 1. The quantitative estimate of drug-likeness (QED) is 0.476. The largest absolute Gasteiger partial charge is 0.448 e. The zero-order valence-corrected chi connectivity index (χ0v) is 19.7. The van der Waals surface area contributed by atoms with Gasteiger partial charge in [0, 0.05) is 23.0 Å². The Morgan fingerprint density at radius 3 is 2.42 bits per heavy atom.